The van der Waals surface area contributed by atoms with Crippen LogP contribution in [0.5, 0.6) is 5.75 Å². The minimum absolute atomic E-state index is 0.0463. The number of carbonyl (C=O) groups excluding carboxylic acids is 2. The summed E-state index contributed by atoms with van der Waals surface area (Å²) in [4.78, 5) is 34.3. The summed E-state index contributed by atoms with van der Waals surface area (Å²) in [6.45, 7) is 5.84. The fourth-order valence-corrected chi connectivity index (χ4v) is 5.26. The lowest BCUT2D eigenvalue weighted by molar-refractivity contribution is -0.145. The average Bonchev–Trinajstić information content (AvgIpc) is 3.37. The number of hydrogen-bond donors (Lipinski definition) is 0. The molecule has 0 saturated carbocycles. The van der Waals surface area contributed by atoms with Gasteiger partial charge in [-0.25, -0.2) is 0 Å². The summed E-state index contributed by atoms with van der Waals surface area (Å²) in [5.74, 6) is 0.0602. The zero-order chi connectivity index (χ0) is 20.2. The topological polar surface area (TPSA) is 72.0 Å². The van der Waals surface area contributed by atoms with Crippen LogP contribution >= 0.6 is 0 Å². The normalized spacial score (nSPS) is 33.6. The summed E-state index contributed by atoms with van der Waals surface area (Å²) in [5.41, 5.74) is -0.617. The monoisotopic (exact) mass is 397 g/mol. The van der Waals surface area contributed by atoms with Crippen LogP contribution in [0.2, 0.25) is 0 Å². The Bertz CT molecular complexity index is 834. The van der Waals surface area contributed by atoms with Crippen LogP contribution in [-0.4, -0.2) is 70.1 Å². The van der Waals surface area contributed by atoms with Gasteiger partial charge in [0.2, 0.25) is 11.8 Å². The average molecular weight is 397 g/mol. The van der Waals surface area contributed by atoms with Crippen LogP contribution in [0, 0.1) is 11.8 Å². The van der Waals surface area contributed by atoms with Crippen molar-refractivity contribution in [3.8, 4) is 5.75 Å². The van der Waals surface area contributed by atoms with Crippen molar-refractivity contribution in [2.45, 2.75) is 50.5 Å². The standard InChI is InChI=1S/C22H27N3O4/c1-14(2)25-13-22-8-5-17(29-22)18(19(22)21(25)27)20(26)24-10-6-15(7-11-24)28-16-4-3-9-23-12-16/h3-5,8-9,12,14-15,17-19H,6-7,10-11,13H2,1-2H3. The summed E-state index contributed by atoms with van der Waals surface area (Å²) in [6, 6.07) is 3.86. The van der Waals surface area contributed by atoms with Crippen LogP contribution in [0.4, 0.5) is 0 Å². The maximum atomic E-state index is 13.4. The number of hydrogen-bond acceptors (Lipinski definition) is 5. The molecule has 4 unspecified atom stereocenters. The molecule has 154 valence electrons. The van der Waals surface area contributed by atoms with Crippen molar-refractivity contribution in [1.82, 2.24) is 14.8 Å². The quantitative estimate of drug-likeness (QED) is 0.723. The molecule has 2 amide bonds. The van der Waals surface area contributed by atoms with Gasteiger partial charge < -0.3 is 19.3 Å². The van der Waals surface area contributed by atoms with Gasteiger partial charge in [0.05, 0.1) is 30.7 Å². The minimum atomic E-state index is -0.617. The Morgan fingerprint density at radius 3 is 2.83 bits per heavy atom. The summed E-state index contributed by atoms with van der Waals surface area (Å²) in [5, 5.41) is 0. The Hall–Kier alpha value is -2.41. The third-order valence-corrected chi connectivity index (χ3v) is 6.73. The van der Waals surface area contributed by atoms with Gasteiger partial charge in [-0.2, -0.15) is 0 Å². The van der Waals surface area contributed by atoms with Crippen molar-refractivity contribution < 1.29 is 19.1 Å². The molecule has 0 aromatic carbocycles. The number of aromatic nitrogens is 1. The van der Waals surface area contributed by atoms with Crippen molar-refractivity contribution in [2.75, 3.05) is 19.6 Å². The van der Waals surface area contributed by atoms with E-state index in [-0.39, 0.29) is 30.1 Å². The number of carbonyl (C=O) groups is 2. The predicted octanol–water partition coefficient (Wildman–Crippen LogP) is 1.64. The Morgan fingerprint density at radius 1 is 1.34 bits per heavy atom. The third-order valence-electron chi connectivity index (χ3n) is 6.73. The molecule has 1 aromatic heterocycles. The van der Waals surface area contributed by atoms with Crippen molar-refractivity contribution in [3.63, 3.8) is 0 Å². The maximum absolute atomic E-state index is 13.4. The van der Waals surface area contributed by atoms with E-state index in [4.69, 9.17) is 9.47 Å². The molecule has 0 aliphatic carbocycles. The maximum Gasteiger partial charge on any atom is 0.230 e. The third kappa shape index (κ3) is 2.94. The smallest absolute Gasteiger partial charge is 0.230 e. The second kappa shape index (κ2) is 6.83. The first-order valence-corrected chi connectivity index (χ1v) is 10.5. The predicted molar refractivity (Wildman–Crippen MR) is 105 cm³/mol. The number of ether oxygens (including phenoxy) is 2. The van der Waals surface area contributed by atoms with Crippen molar-refractivity contribution in [3.05, 3.63) is 36.7 Å². The lowest BCUT2D eigenvalue weighted by Gasteiger charge is -2.35. The van der Waals surface area contributed by atoms with Gasteiger partial charge in [-0.3, -0.25) is 14.6 Å². The molecule has 0 radical (unpaired) electrons. The van der Waals surface area contributed by atoms with Gasteiger partial charge in [-0.15, -0.1) is 0 Å². The molecule has 2 bridgehead atoms. The highest BCUT2D eigenvalue weighted by molar-refractivity contribution is 5.93. The molecular formula is C22H27N3O4. The lowest BCUT2D eigenvalue weighted by Crippen LogP contribution is -2.49. The van der Waals surface area contributed by atoms with Gasteiger partial charge in [0.25, 0.3) is 0 Å². The highest BCUT2D eigenvalue weighted by Gasteiger charge is 2.67. The molecule has 3 fully saturated rings. The van der Waals surface area contributed by atoms with E-state index in [0.717, 1.165) is 18.6 Å². The Morgan fingerprint density at radius 2 is 2.14 bits per heavy atom. The van der Waals surface area contributed by atoms with E-state index in [2.05, 4.69) is 4.98 Å². The first-order chi connectivity index (χ1) is 14.0. The fraction of sp³-hybridized carbons (Fsp3) is 0.591. The highest BCUT2D eigenvalue weighted by atomic mass is 16.5. The Balaban J connectivity index is 1.26. The molecule has 3 saturated heterocycles. The van der Waals surface area contributed by atoms with Crippen LogP contribution < -0.4 is 4.74 Å². The molecule has 29 heavy (non-hydrogen) atoms. The zero-order valence-corrected chi connectivity index (χ0v) is 16.9. The first kappa shape index (κ1) is 18.6. The Labute approximate surface area is 170 Å². The molecule has 4 aliphatic heterocycles. The number of nitrogens with zero attached hydrogens (tertiary/aromatic N) is 3. The van der Waals surface area contributed by atoms with Crippen LogP contribution in [0.25, 0.3) is 0 Å². The Kier molecular flexibility index (Phi) is 4.38. The highest BCUT2D eigenvalue weighted by Crippen LogP contribution is 2.52. The van der Waals surface area contributed by atoms with Crippen LogP contribution in [0.15, 0.2) is 36.7 Å². The summed E-state index contributed by atoms with van der Waals surface area (Å²) in [6.07, 6.45) is 8.77. The van der Waals surface area contributed by atoms with Crippen LogP contribution in [0.3, 0.4) is 0 Å². The molecule has 5 rings (SSSR count). The fourth-order valence-electron chi connectivity index (χ4n) is 5.26. The molecule has 1 aromatic rings. The van der Waals surface area contributed by atoms with Crippen molar-refractivity contribution >= 4 is 11.8 Å². The van der Waals surface area contributed by atoms with Gasteiger partial charge in [0.15, 0.2) is 0 Å². The van der Waals surface area contributed by atoms with E-state index >= 15 is 0 Å². The summed E-state index contributed by atoms with van der Waals surface area (Å²) in [7, 11) is 0. The zero-order valence-electron chi connectivity index (χ0n) is 16.9. The van der Waals surface area contributed by atoms with Gasteiger partial charge in [-0.1, -0.05) is 12.2 Å². The lowest BCUT2D eigenvalue weighted by atomic mass is 9.76. The van der Waals surface area contributed by atoms with E-state index < -0.39 is 17.4 Å². The summed E-state index contributed by atoms with van der Waals surface area (Å²) >= 11 is 0. The molecular weight excluding hydrogens is 370 g/mol. The second-order valence-corrected chi connectivity index (χ2v) is 8.79. The van der Waals surface area contributed by atoms with E-state index in [1.165, 1.54) is 0 Å². The largest absolute Gasteiger partial charge is 0.489 e. The second-order valence-electron chi connectivity index (χ2n) is 8.79. The number of amides is 2. The summed E-state index contributed by atoms with van der Waals surface area (Å²) < 4.78 is 12.2. The molecule has 4 aliphatic rings. The van der Waals surface area contributed by atoms with Gasteiger partial charge >= 0.3 is 0 Å². The van der Waals surface area contributed by atoms with E-state index in [0.29, 0.717) is 19.6 Å². The van der Waals surface area contributed by atoms with E-state index in [1.807, 2.05) is 47.9 Å². The number of likely N-dealkylation sites (tertiary alicyclic amines) is 2. The molecule has 1 spiro atoms. The number of piperidine rings is 1. The molecule has 0 N–H and O–H groups in total. The number of pyridine rings is 1. The SMILES string of the molecule is CC(C)N1CC23C=CC(O2)C(C(=O)N2CCC(Oc4cccnc4)CC2)C3C1=O. The van der Waals surface area contributed by atoms with Gasteiger partial charge in [0, 0.05) is 38.2 Å². The number of rotatable bonds is 4. The first-order valence-electron chi connectivity index (χ1n) is 10.5. The van der Waals surface area contributed by atoms with E-state index in [1.54, 1.807) is 12.4 Å². The molecule has 7 heteroatoms. The van der Waals surface area contributed by atoms with E-state index in [9.17, 15) is 9.59 Å². The molecule has 4 atom stereocenters. The van der Waals surface area contributed by atoms with Crippen LogP contribution in [-0.2, 0) is 14.3 Å². The minimum Gasteiger partial charge on any atom is -0.489 e. The van der Waals surface area contributed by atoms with Crippen LogP contribution in [0.1, 0.15) is 26.7 Å². The van der Waals surface area contributed by atoms with Gasteiger partial charge in [0.1, 0.15) is 17.5 Å². The molecule has 5 heterocycles. The molecule has 7 nitrogen and oxygen atoms in total. The van der Waals surface area contributed by atoms with Crippen molar-refractivity contribution in [2.24, 2.45) is 11.8 Å². The van der Waals surface area contributed by atoms with Crippen molar-refractivity contribution in [1.29, 1.82) is 0 Å². The van der Waals surface area contributed by atoms with Gasteiger partial charge in [-0.05, 0) is 26.0 Å². The number of fused-ring (bicyclic) bond motifs is 1.